The van der Waals surface area contributed by atoms with Crippen LogP contribution in [0.5, 0.6) is 0 Å². The van der Waals surface area contributed by atoms with Crippen molar-refractivity contribution < 1.29 is 0 Å². The summed E-state index contributed by atoms with van der Waals surface area (Å²) in [5.41, 5.74) is 0.458. The lowest BCUT2D eigenvalue weighted by Crippen LogP contribution is -2.40. The van der Waals surface area contributed by atoms with Crippen molar-refractivity contribution in [2.45, 2.75) is 65.5 Å². The maximum Gasteiger partial charge on any atom is 0.331 e. The summed E-state index contributed by atoms with van der Waals surface area (Å²) in [6.45, 7) is 5.46. The maximum absolute atomic E-state index is 12.7. The number of aromatic nitrogens is 2. The van der Waals surface area contributed by atoms with E-state index in [9.17, 15) is 9.59 Å². The van der Waals surface area contributed by atoms with Gasteiger partial charge in [0.05, 0.1) is 10.9 Å². The number of unbranched alkanes of at least 4 members (excludes halogenated alkanes) is 4. The molecule has 0 spiro atoms. The molecule has 0 unspecified atom stereocenters. The molecule has 4 nitrogen and oxygen atoms in total. The normalized spacial score (nSPS) is 11.2. The number of hydrogen-bond donors (Lipinski definition) is 0. The Morgan fingerprint density at radius 3 is 2.05 bits per heavy atom. The van der Waals surface area contributed by atoms with Gasteiger partial charge in [-0.3, -0.25) is 13.9 Å². The van der Waals surface area contributed by atoms with E-state index < -0.39 is 0 Å². The van der Waals surface area contributed by atoms with E-state index in [1.54, 1.807) is 4.57 Å². The van der Waals surface area contributed by atoms with E-state index in [-0.39, 0.29) is 11.2 Å². The lowest BCUT2D eigenvalue weighted by Gasteiger charge is -2.14. The van der Waals surface area contributed by atoms with Crippen LogP contribution in [-0.4, -0.2) is 9.13 Å². The van der Waals surface area contributed by atoms with E-state index in [1.165, 1.54) is 4.57 Å². The maximum atomic E-state index is 12.7. The molecule has 2 aromatic rings. The fourth-order valence-electron chi connectivity index (χ4n) is 2.82. The van der Waals surface area contributed by atoms with Crippen LogP contribution in [0.3, 0.4) is 0 Å². The minimum atomic E-state index is -0.157. The number of aryl methyl sites for hydroxylation is 1. The van der Waals surface area contributed by atoms with Crippen LogP contribution in [0.25, 0.3) is 10.9 Å². The van der Waals surface area contributed by atoms with Gasteiger partial charge in [-0.1, -0.05) is 51.7 Å². The van der Waals surface area contributed by atoms with E-state index in [1.807, 2.05) is 24.3 Å². The minimum absolute atomic E-state index is 0.150. The fraction of sp³-hybridized carbons (Fsp3) is 0.556. The van der Waals surface area contributed by atoms with Gasteiger partial charge in [0.25, 0.3) is 5.56 Å². The molecule has 1 aromatic heterocycles. The number of rotatable bonds is 8. The van der Waals surface area contributed by atoms with Crippen LogP contribution in [0.4, 0.5) is 0 Å². The molecule has 0 bridgehead atoms. The molecule has 0 saturated heterocycles. The van der Waals surface area contributed by atoms with Crippen LogP contribution in [0.2, 0.25) is 0 Å². The molecular formula is C18H26N2O2. The standard InChI is InChI=1S/C18H26N2O2/c1-3-5-9-13-19-16-12-8-7-11-15(16)17(21)20(18(19)22)14-10-6-4-2/h7-8,11-12H,3-6,9-10,13-14H2,1-2H3. The second kappa shape index (κ2) is 7.97. The first-order valence-electron chi connectivity index (χ1n) is 8.43. The van der Waals surface area contributed by atoms with E-state index in [2.05, 4.69) is 13.8 Å². The molecule has 0 amide bonds. The number of nitrogens with zero attached hydrogens (tertiary/aromatic N) is 2. The van der Waals surface area contributed by atoms with Crippen molar-refractivity contribution in [3.8, 4) is 0 Å². The Hall–Kier alpha value is -1.84. The molecule has 0 atom stereocenters. The SMILES string of the molecule is CCCCCn1c(=O)c2ccccc2n(CCCCC)c1=O. The third-order valence-electron chi connectivity index (χ3n) is 4.10. The van der Waals surface area contributed by atoms with E-state index in [0.717, 1.165) is 44.0 Å². The van der Waals surface area contributed by atoms with Gasteiger partial charge in [0.1, 0.15) is 0 Å². The first kappa shape index (κ1) is 16.5. The smallest absolute Gasteiger partial charge is 0.293 e. The van der Waals surface area contributed by atoms with Gasteiger partial charge in [-0.15, -0.1) is 0 Å². The molecule has 0 fully saturated rings. The second-order valence-electron chi connectivity index (χ2n) is 5.82. The zero-order valence-electron chi connectivity index (χ0n) is 13.7. The number of hydrogen-bond acceptors (Lipinski definition) is 2. The van der Waals surface area contributed by atoms with E-state index in [0.29, 0.717) is 18.5 Å². The van der Waals surface area contributed by atoms with Crippen molar-refractivity contribution >= 4 is 10.9 Å². The monoisotopic (exact) mass is 302 g/mol. The van der Waals surface area contributed by atoms with Crippen LogP contribution < -0.4 is 11.2 Å². The van der Waals surface area contributed by atoms with Gasteiger partial charge in [-0.05, 0) is 25.0 Å². The van der Waals surface area contributed by atoms with Crippen molar-refractivity contribution in [2.75, 3.05) is 0 Å². The predicted molar refractivity (Wildman–Crippen MR) is 91.5 cm³/mol. The summed E-state index contributed by atoms with van der Waals surface area (Å²) in [6, 6.07) is 7.45. The van der Waals surface area contributed by atoms with Gasteiger partial charge in [0.2, 0.25) is 0 Å². The van der Waals surface area contributed by atoms with Crippen molar-refractivity contribution in [1.29, 1.82) is 0 Å². The number of para-hydroxylation sites is 1. The molecule has 1 heterocycles. The Kier molecular flexibility index (Phi) is 5.99. The number of benzene rings is 1. The minimum Gasteiger partial charge on any atom is -0.293 e. The molecule has 4 heteroatoms. The number of fused-ring (bicyclic) bond motifs is 1. The third-order valence-corrected chi connectivity index (χ3v) is 4.10. The van der Waals surface area contributed by atoms with Gasteiger partial charge >= 0.3 is 5.69 Å². The summed E-state index contributed by atoms with van der Waals surface area (Å²) in [7, 11) is 0. The summed E-state index contributed by atoms with van der Waals surface area (Å²) in [4.78, 5) is 25.3. The molecule has 0 saturated carbocycles. The highest BCUT2D eigenvalue weighted by molar-refractivity contribution is 5.77. The lowest BCUT2D eigenvalue weighted by atomic mass is 10.2. The topological polar surface area (TPSA) is 44.0 Å². The zero-order valence-corrected chi connectivity index (χ0v) is 13.7. The molecule has 0 aliphatic rings. The van der Waals surface area contributed by atoms with Crippen molar-refractivity contribution in [1.82, 2.24) is 9.13 Å². The van der Waals surface area contributed by atoms with Crippen molar-refractivity contribution in [3.63, 3.8) is 0 Å². The summed E-state index contributed by atoms with van der Waals surface area (Å²) < 4.78 is 3.20. The van der Waals surface area contributed by atoms with Crippen LogP contribution >= 0.6 is 0 Å². The highest BCUT2D eigenvalue weighted by Gasteiger charge is 2.12. The highest BCUT2D eigenvalue weighted by Crippen LogP contribution is 2.09. The van der Waals surface area contributed by atoms with Gasteiger partial charge in [-0.2, -0.15) is 0 Å². The molecule has 0 aliphatic carbocycles. The van der Waals surface area contributed by atoms with Crippen molar-refractivity contribution in [2.24, 2.45) is 0 Å². The Morgan fingerprint density at radius 2 is 1.41 bits per heavy atom. The molecule has 22 heavy (non-hydrogen) atoms. The summed E-state index contributed by atoms with van der Waals surface area (Å²) >= 11 is 0. The van der Waals surface area contributed by atoms with Gasteiger partial charge < -0.3 is 0 Å². The molecule has 0 radical (unpaired) electrons. The Labute approximate surface area is 131 Å². The van der Waals surface area contributed by atoms with Gasteiger partial charge in [0, 0.05) is 13.1 Å². The molecular weight excluding hydrogens is 276 g/mol. The fourth-order valence-corrected chi connectivity index (χ4v) is 2.82. The first-order valence-corrected chi connectivity index (χ1v) is 8.43. The Balaban J connectivity index is 2.50. The van der Waals surface area contributed by atoms with E-state index in [4.69, 9.17) is 0 Å². The predicted octanol–water partition coefficient (Wildman–Crippen LogP) is 3.54. The van der Waals surface area contributed by atoms with Crippen molar-refractivity contribution in [3.05, 3.63) is 45.1 Å². The summed E-state index contributed by atoms with van der Waals surface area (Å²) in [5, 5.41) is 0.648. The lowest BCUT2D eigenvalue weighted by molar-refractivity contribution is 0.518. The Morgan fingerprint density at radius 1 is 0.818 bits per heavy atom. The quantitative estimate of drug-likeness (QED) is 0.700. The molecule has 0 aliphatic heterocycles. The zero-order chi connectivity index (χ0) is 15.9. The first-order chi connectivity index (χ1) is 10.7. The van der Waals surface area contributed by atoms with Crippen LogP contribution in [0.15, 0.2) is 33.9 Å². The van der Waals surface area contributed by atoms with Gasteiger partial charge in [-0.25, -0.2) is 4.79 Å². The summed E-state index contributed by atoms with van der Waals surface area (Å²) in [5.74, 6) is 0. The molecule has 0 N–H and O–H groups in total. The Bertz CT molecular complexity index is 728. The van der Waals surface area contributed by atoms with Crippen LogP contribution in [0.1, 0.15) is 52.4 Å². The molecule has 120 valence electrons. The average Bonchev–Trinajstić information content (AvgIpc) is 2.54. The third kappa shape index (κ3) is 3.49. The van der Waals surface area contributed by atoms with Gasteiger partial charge in [0.15, 0.2) is 0 Å². The highest BCUT2D eigenvalue weighted by atomic mass is 16.2. The summed E-state index contributed by atoms with van der Waals surface area (Å²) in [6.07, 6.45) is 6.16. The van der Waals surface area contributed by atoms with E-state index >= 15 is 0 Å². The van der Waals surface area contributed by atoms with Crippen LogP contribution in [-0.2, 0) is 13.1 Å². The second-order valence-corrected chi connectivity index (χ2v) is 5.82. The molecule has 1 aromatic carbocycles. The molecule has 2 rings (SSSR count). The average molecular weight is 302 g/mol. The van der Waals surface area contributed by atoms with Crippen LogP contribution in [0, 0.1) is 0 Å². The largest absolute Gasteiger partial charge is 0.331 e.